The molecule has 0 saturated heterocycles. The van der Waals surface area contributed by atoms with E-state index in [9.17, 15) is 39.9 Å². The lowest BCUT2D eigenvalue weighted by molar-refractivity contribution is -0.138. The number of alkyl halides is 6. The SMILES string of the molecule is Fc1cc(C(F)(F)F)cnc1Br.O=C(O)c1ncc(C(F)(F)F)cc1F. The van der Waals surface area contributed by atoms with Gasteiger partial charge in [0.05, 0.1) is 11.1 Å². The van der Waals surface area contributed by atoms with E-state index in [0.29, 0.717) is 12.3 Å². The minimum absolute atomic E-state index is 0.0937. The van der Waals surface area contributed by atoms with Crippen molar-refractivity contribution >= 4 is 21.9 Å². The molecule has 0 aromatic carbocycles. The van der Waals surface area contributed by atoms with Crippen LogP contribution in [0.25, 0.3) is 0 Å². The third-order valence-electron chi connectivity index (χ3n) is 2.49. The lowest BCUT2D eigenvalue weighted by Gasteiger charge is -2.06. The molecule has 0 aliphatic rings. The minimum Gasteiger partial charge on any atom is -0.476 e. The van der Waals surface area contributed by atoms with Gasteiger partial charge in [-0.05, 0) is 28.1 Å². The molecule has 13 heteroatoms. The van der Waals surface area contributed by atoms with Crippen LogP contribution in [0.15, 0.2) is 29.1 Å². The van der Waals surface area contributed by atoms with E-state index in [1.54, 1.807) is 0 Å². The van der Waals surface area contributed by atoms with Crippen molar-refractivity contribution in [3.05, 3.63) is 57.6 Å². The number of aromatic nitrogens is 2. The summed E-state index contributed by atoms with van der Waals surface area (Å²) in [4.78, 5) is 16.2. The largest absolute Gasteiger partial charge is 0.476 e. The first-order valence-corrected chi connectivity index (χ1v) is 6.87. The normalized spacial score (nSPS) is 11.6. The van der Waals surface area contributed by atoms with Crippen LogP contribution in [-0.4, -0.2) is 21.0 Å². The molecule has 0 spiro atoms. The number of rotatable bonds is 1. The number of carbonyl (C=O) groups is 1. The highest BCUT2D eigenvalue weighted by molar-refractivity contribution is 9.10. The van der Waals surface area contributed by atoms with Crippen LogP contribution < -0.4 is 0 Å². The fraction of sp³-hybridized carbons (Fsp3) is 0.154. The molecule has 0 atom stereocenters. The van der Waals surface area contributed by atoms with Gasteiger partial charge in [-0.1, -0.05) is 0 Å². The van der Waals surface area contributed by atoms with Gasteiger partial charge in [0, 0.05) is 12.4 Å². The molecule has 0 amide bonds. The molecule has 2 heterocycles. The van der Waals surface area contributed by atoms with Crippen LogP contribution in [0.2, 0.25) is 0 Å². The van der Waals surface area contributed by atoms with Gasteiger partial charge < -0.3 is 5.11 Å². The predicted molar refractivity (Wildman–Crippen MR) is 73.1 cm³/mol. The Morgan fingerprint density at radius 1 is 0.885 bits per heavy atom. The van der Waals surface area contributed by atoms with Crippen LogP contribution in [0.4, 0.5) is 35.1 Å². The molecular weight excluding hydrogens is 448 g/mol. The van der Waals surface area contributed by atoms with Crippen molar-refractivity contribution < 1.29 is 45.0 Å². The first-order chi connectivity index (χ1) is 11.7. The van der Waals surface area contributed by atoms with E-state index in [4.69, 9.17) is 5.11 Å². The second-order valence-electron chi connectivity index (χ2n) is 4.35. The second-order valence-corrected chi connectivity index (χ2v) is 5.10. The molecule has 0 radical (unpaired) electrons. The van der Waals surface area contributed by atoms with Gasteiger partial charge in [-0.25, -0.2) is 23.5 Å². The molecular formula is C13H5BrF8N2O2. The lowest BCUT2D eigenvalue weighted by Crippen LogP contribution is -2.10. The first kappa shape index (κ1) is 21.7. The maximum absolute atomic E-state index is 12.7. The monoisotopic (exact) mass is 452 g/mol. The smallest absolute Gasteiger partial charge is 0.417 e. The molecule has 26 heavy (non-hydrogen) atoms. The molecule has 142 valence electrons. The Labute approximate surface area is 147 Å². The quantitative estimate of drug-likeness (QED) is 0.491. The highest BCUT2D eigenvalue weighted by atomic mass is 79.9. The fourth-order valence-corrected chi connectivity index (χ4v) is 1.54. The van der Waals surface area contributed by atoms with E-state index < -0.39 is 46.8 Å². The molecule has 0 aliphatic carbocycles. The van der Waals surface area contributed by atoms with Crippen molar-refractivity contribution in [1.29, 1.82) is 0 Å². The van der Waals surface area contributed by atoms with E-state index in [2.05, 4.69) is 25.9 Å². The zero-order valence-electron chi connectivity index (χ0n) is 12.0. The molecule has 0 unspecified atom stereocenters. The van der Waals surface area contributed by atoms with Gasteiger partial charge >= 0.3 is 18.3 Å². The third kappa shape index (κ3) is 5.89. The highest BCUT2D eigenvalue weighted by Gasteiger charge is 2.32. The third-order valence-corrected chi connectivity index (χ3v) is 3.08. The van der Waals surface area contributed by atoms with Gasteiger partial charge in [0.2, 0.25) is 0 Å². The number of nitrogens with zero attached hydrogens (tertiary/aromatic N) is 2. The van der Waals surface area contributed by atoms with Gasteiger partial charge in [-0.15, -0.1) is 0 Å². The number of carboxylic acids is 1. The van der Waals surface area contributed by atoms with Crippen molar-refractivity contribution in [3.8, 4) is 0 Å². The van der Waals surface area contributed by atoms with Crippen molar-refractivity contribution in [2.45, 2.75) is 12.4 Å². The van der Waals surface area contributed by atoms with Gasteiger partial charge in [-0.2, -0.15) is 26.3 Å². The summed E-state index contributed by atoms with van der Waals surface area (Å²) in [7, 11) is 0. The van der Waals surface area contributed by atoms with E-state index in [0.717, 1.165) is 0 Å². The summed E-state index contributed by atoms with van der Waals surface area (Å²) in [6.45, 7) is 0. The Morgan fingerprint density at radius 2 is 1.31 bits per heavy atom. The van der Waals surface area contributed by atoms with Gasteiger partial charge in [-0.3, -0.25) is 0 Å². The van der Waals surface area contributed by atoms with Gasteiger partial charge in [0.15, 0.2) is 17.3 Å². The predicted octanol–water partition coefficient (Wildman–Crippen LogP) is 4.94. The second kappa shape index (κ2) is 7.93. The van der Waals surface area contributed by atoms with E-state index in [1.807, 2.05) is 0 Å². The van der Waals surface area contributed by atoms with Gasteiger partial charge in [0.1, 0.15) is 4.60 Å². The molecule has 2 aromatic heterocycles. The molecule has 0 aliphatic heterocycles. The Morgan fingerprint density at radius 3 is 1.65 bits per heavy atom. The van der Waals surface area contributed by atoms with Crippen LogP contribution >= 0.6 is 15.9 Å². The van der Waals surface area contributed by atoms with E-state index >= 15 is 0 Å². The van der Waals surface area contributed by atoms with Crippen LogP contribution in [0.3, 0.4) is 0 Å². The first-order valence-electron chi connectivity index (χ1n) is 6.07. The zero-order valence-corrected chi connectivity index (χ0v) is 13.5. The lowest BCUT2D eigenvalue weighted by atomic mass is 10.2. The van der Waals surface area contributed by atoms with Crippen molar-refractivity contribution in [2.75, 3.05) is 0 Å². The summed E-state index contributed by atoms with van der Waals surface area (Å²) >= 11 is 2.64. The summed E-state index contributed by atoms with van der Waals surface area (Å²) in [6, 6.07) is 0.480. The van der Waals surface area contributed by atoms with Crippen LogP contribution in [-0.2, 0) is 12.4 Å². The van der Waals surface area contributed by atoms with E-state index in [1.165, 1.54) is 0 Å². The average Bonchev–Trinajstić information content (AvgIpc) is 2.48. The highest BCUT2D eigenvalue weighted by Crippen LogP contribution is 2.30. The molecule has 4 nitrogen and oxygen atoms in total. The number of aromatic carboxylic acids is 1. The maximum atomic E-state index is 12.7. The molecule has 2 rings (SSSR count). The van der Waals surface area contributed by atoms with Gasteiger partial charge in [0.25, 0.3) is 0 Å². The number of pyridine rings is 2. The summed E-state index contributed by atoms with van der Waals surface area (Å²) in [5.74, 6) is -4.24. The summed E-state index contributed by atoms with van der Waals surface area (Å²) in [6.07, 6.45) is -8.45. The average molecular weight is 453 g/mol. The van der Waals surface area contributed by atoms with E-state index in [-0.39, 0.29) is 16.9 Å². The molecule has 0 fully saturated rings. The van der Waals surface area contributed by atoms with Crippen LogP contribution in [0.5, 0.6) is 0 Å². The zero-order chi connectivity index (χ0) is 20.3. The molecule has 1 N–H and O–H groups in total. The minimum atomic E-state index is -4.73. The molecule has 0 bridgehead atoms. The standard InChI is InChI=1S/C7H3F4NO2.C6H2BrF4N/c8-4-1-3(7(9,10)11)2-12-5(4)6(13)14;7-5-4(8)1-3(2-12-5)6(9,10)11/h1-2H,(H,13,14);1-2H. The number of hydrogen-bond donors (Lipinski definition) is 1. The van der Waals surface area contributed by atoms with Crippen molar-refractivity contribution in [1.82, 2.24) is 9.97 Å². The summed E-state index contributed by atoms with van der Waals surface area (Å²) < 4.78 is 96.4. The molecule has 0 saturated carbocycles. The Bertz CT molecular complexity index is 808. The van der Waals surface area contributed by atoms with Crippen LogP contribution in [0, 0.1) is 11.6 Å². The van der Waals surface area contributed by atoms with Crippen molar-refractivity contribution in [3.63, 3.8) is 0 Å². The molecule has 2 aromatic rings. The number of hydrogen-bond acceptors (Lipinski definition) is 3. The summed E-state index contributed by atoms with van der Waals surface area (Å²) in [5, 5.41) is 8.28. The fourth-order valence-electron chi connectivity index (χ4n) is 1.33. The number of carboxylic acid groups (broad SMARTS) is 1. The summed E-state index contributed by atoms with van der Waals surface area (Å²) in [5.41, 5.74) is -3.44. The maximum Gasteiger partial charge on any atom is 0.417 e. The Kier molecular flexibility index (Phi) is 6.63. The Hall–Kier alpha value is -2.31. The number of halogens is 9. The Balaban J connectivity index is 0.000000263. The van der Waals surface area contributed by atoms with Crippen molar-refractivity contribution in [2.24, 2.45) is 0 Å². The van der Waals surface area contributed by atoms with Crippen LogP contribution in [0.1, 0.15) is 21.6 Å². The topological polar surface area (TPSA) is 63.1 Å².